The van der Waals surface area contributed by atoms with Crippen molar-refractivity contribution in [3.8, 4) is 5.75 Å². The third-order valence-corrected chi connectivity index (χ3v) is 4.53. The molecule has 0 bridgehead atoms. The maximum absolute atomic E-state index is 12.6. The minimum atomic E-state index is -1.31. The molecule has 3 rings (SSSR count). The van der Waals surface area contributed by atoms with E-state index in [9.17, 15) is 19.5 Å². The summed E-state index contributed by atoms with van der Waals surface area (Å²) in [6.45, 7) is 1.44. The lowest BCUT2D eigenvalue weighted by Gasteiger charge is -2.27. The van der Waals surface area contributed by atoms with Gasteiger partial charge in [0.25, 0.3) is 0 Å². The van der Waals surface area contributed by atoms with Crippen molar-refractivity contribution in [3.63, 3.8) is 0 Å². The quantitative estimate of drug-likeness (QED) is 0.912. The average molecular weight is 344 g/mol. The molecule has 0 saturated carbocycles. The van der Waals surface area contributed by atoms with Crippen LogP contribution in [0, 0.1) is 0 Å². The molecule has 1 aliphatic heterocycles. The molecular weight excluding hydrogens is 324 g/mol. The fraction of sp³-hybridized carbons (Fsp3) is 0.389. The minimum Gasteiger partial charge on any atom is -0.497 e. The highest BCUT2D eigenvalue weighted by molar-refractivity contribution is 5.93. The number of carbonyl (C=O) groups is 2. The van der Waals surface area contributed by atoms with Gasteiger partial charge in [-0.05, 0) is 37.5 Å². The van der Waals surface area contributed by atoms with E-state index in [-0.39, 0.29) is 23.4 Å². The van der Waals surface area contributed by atoms with E-state index in [0.29, 0.717) is 11.3 Å². The molecule has 2 heterocycles. The van der Waals surface area contributed by atoms with Gasteiger partial charge in [0.15, 0.2) is 0 Å². The number of carboxylic acid groups (broad SMARTS) is 1. The van der Waals surface area contributed by atoms with Gasteiger partial charge in [-0.15, -0.1) is 0 Å². The van der Waals surface area contributed by atoms with Gasteiger partial charge in [0.2, 0.25) is 11.3 Å². The van der Waals surface area contributed by atoms with E-state index in [0.717, 1.165) is 32.4 Å². The number of pyridine rings is 1. The van der Waals surface area contributed by atoms with Crippen LogP contribution in [0.4, 0.5) is 0 Å². The second-order valence-electron chi connectivity index (χ2n) is 6.13. The largest absolute Gasteiger partial charge is 0.497 e. The molecule has 1 saturated heterocycles. The van der Waals surface area contributed by atoms with E-state index >= 15 is 0 Å². The second kappa shape index (κ2) is 6.96. The molecule has 2 aromatic rings. The Morgan fingerprint density at radius 3 is 2.56 bits per heavy atom. The molecular formula is C18H20N2O5. The average Bonchev–Trinajstić information content (AvgIpc) is 2.64. The van der Waals surface area contributed by atoms with E-state index in [2.05, 4.69) is 0 Å². The van der Waals surface area contributed by atoms with Crippen molar-refractivity contribution in [1.82, 2.24) is 9.47 Å². The molecule has 1 aromatic carbocycles. The van der Waals surface area contributed by atoms with Crippen LogP contribution in [0.1, 0.15) is 29.6 Å². The molecule has 0 unspecified atom stereocenters. The Morgan fingerprint density at radius 1 is 1.20 bits per heavy atom. The lowest BCUT2D eigenvalue weighted by atomic mass is 10.1. The maximum atomic E-state index is 12.6. The Hall–Kier alpha value is -2.83. The van der Waals surface area contributed by atoms with Crippen LogP contribution in [-0.4, -0.2) is 46.6 Å². The van der Waals surface area contributed by atoms with Crippen LogP contribution in [-0.2, 0) is 11.3 Å². The highest BCUT2D eigenvalue weighted by Gasteiger charge is 2.20. The third-order valence-electron chi connectivity index (χ3n) is 4.53. The van der Waals surface area contributed by atoms with Gasteiger partial charge < -0.3 is 19.3 Å². The summed E-state index contributed by atoms with van der Waals surface area (Å²) in [5.41, 5.74) is -0.420. The topological polar surface area (TPSA) is 88.8 Å². The van der Waals surface area contributed by atoms with Crippen LogP contribution in [0.3, 0.4) is 0 Å². The molecule has 1 N–H and O–H groups in total. The van der Waals surface area contributed by atoms with Crippen molar-refractivity contribution < 1.29 is 19.4 Å². The zero-order valence-electron chi connectivity index (χ0n) is 14.0. The zero-order valence-corrected chi connectivity index (χ0v) is 14.0. The van der Waals surface area contributed by atoms with Gasteiger partial charge in [-0.3, -0.25) is 9.59 Å². The van der Waals surface area contributed by atoms with Gasteiger partial charge in [0, 0.05) is 19.3 Å². The Labute approximate surface area is 144 Å². The summed E-state index contributed by atoms with van der Waals surface area (Å²) in [6, 6.07) is 4.86. The number of aromatic carboxylic acids is 1. The minimum absolute atomic E-state index is 0.00336. The number of aromatic nitrogens is 1. The van der Waals surface area contributed by atoms with Crippen molar-refractivity contribution in [3.05, 3.63) is 40.2 Å². The number of nitrogens with zero attached hydrogens (tertiary/aromatic N) is 2. The van der Waals surface area contributed by atoms with Crippen LogP contribution >= 0.6 is 0 Å². The number of hydrogen-bond donors (Lipinski definition) is 1. The molecule has 0 radical (unpaired) electrons. The van der Waals surface area contributed by atoms with Gasteiger partial charge >= 0.3 is 5.97 Å². The van der Waals surface area contributed by atoms with Crippen LogP contribution < -0.4 is 10.2 Å². The molecule has 25 heavy (non-hydrogen) atoms. The van der Waals surface area contributed by atoms with Gasteiger partial charge in [-0.25, -0.2) is 4.79 Å². The molecule has 7 nitrogen and oxygen atoms in total. The number of benzene rings is 1. The Bertz CT molecular complexity index is 881. The summed E-state index contributed by atoms with van der Waals surface area (Å²) in [4.78, 5) is 38.2. The van der Waals surface area contributed by atoms with Crippen LogP contribution in [0.2, 0.25) is 0 Å². The summed E-state index contributed by atoms with van der Waals surface area (Å²) < 4.78 is 6.66. The van der Waals surface area contributed by atoms with E-state index in [4.69, 9.17) is 4.74 Å². The monoisotopic (exact) mass is 344 g/mol. The number of carbonyl (C=O) groups excluding carboxylic acids is 1. The molecule has 1 amide bonds. The van der Waals surface area contributed by atoms with Crippen LogP contribution in [0.5, 0.6) is 5.75 Å². The Kier molecular flexibility index (Phi) is 4.74. The van der Waals surface area contributed by atoms with Crippen LogP contribution in [0.15, 0.2) is 29.2 Å². The summed E-state index contributed by atoms with van der Waals surface area (Å²) in [6.07, 6.45) is 4.33. The standard InChI is InChI=1S/C18H20N2O5/c1-25-12-5-6-15-13(9-12)17(22)14(18(23)24)10-20(15)11-16(21)19-7-3-2-4-8-19/h5-6,9-10H,2-4,7-8,11H2,1H3,(H,23,24). The first-order chi connectivity index (χ1) is 12.0. The second-order valence-corrected chi connectivity index (χ2v) is 6.13. The van der Waals surface area contributed by atoms with Crippen molar-refractivity contribution >= 4 is 22.8 Å². The lowest BCUT2D eigenvalue weighted by molar-refractivity contribution is -0.132. The summed E-state index contributed by atoms with van der Waals surface area (Å²) in [5, 5.41) is 9.55. The highest BCUT2D eigenvalue weighted by Crippen LogP contribution is 2.20. The smallest absolute Gasteiger partial charge is 0.341 e. The predicted molar refractivity (Wildman–Crippen MR) is 92.2 cm³/mol. The molecule has 0 spiro atoms. The SMILES string of the molecule is COc1ccc2c(c1)c(=O)c(C(=O)O)cn2CC(=O)N1CCCCC1. The van der Waals surface area contributed by atoms with E-state index < -0.39 is 11.4 Å². The Balaban J connectivity index is 2.06. The van der Waals surface area contributed by atoms with E-state index in [1.807, 2.05) is 0 Å². The molecule has 0 aliphatic carbocycles. The van der Waals surface area contributed by atoms with Crippen molar-refractivity contribution in [2.24, 2.45) is 0 Å². The highest BCUT2D eigenvalue weighted by atomic mass is 16.5. The molecule has 0 atom stereocenters. The number of amides is 1. The van der Waals surface area contributed by atoms with Crippen molar-refractivity contribution in [2.45, 2.75) is 25.8 Å². The van der Waals surface area contributed by atoms with Crippen LogP contribution in [0.25, 0.3) is 10.9 Å². The molecule has 1 aliphatic rings. The molecule has 132 valence electrons. The first-order valence-corrected chi connectivity index (χ1v) is 8.23. The van der Waals surface area contributed by atoms with Gasteiger partial charge in [-0.2, -0.15) is 0 Å². The molecule has 7 heteroatoms. The van der Waals surface area contributed by atoms with Gasteiger partial charge in [0.05, 0.1) is 18.0 Å². The maximum Gasteiger partial charge on any atom is 0.341 e. The first kappa shape index (κ1) is 17.0. The number of rotatable bonds is 4. The van der Waals surface area contributed by atoms with Crippen molar-refractivity contribution in [1.29, 1.82) is 0 Å². The predicted octanol–water partition coefficient (Wildman–Crippen LogP) is 1.72. The third kappa shape index (κ3) is 3.35. The van der Waals surface area contributed by atoms with Gasteiger partial charge in [-0.1, -0.05) is 0 Å². The summed E-state index contributed by atoms with van der Waals surface area (Å²) in [5.74, 6) is -0.924. The summed E-state index contributed by atoms with van der Waals surface area (Å²) in [7, 11) is 1.47. The molecule has 1 aromatic heterocycles. The number of piperidine rings is 1. The number of likely N-dealkylation sites (tertiary alicyclic amines) is 1. The normalized spacial score (nSPS) is 14.5. The number of carboxylic acids is 1. The number of hydrogen-bond acceptors (Lipinski definition) is 4. The zero-order chi connectivity index (χ0) is 18.0. The summed E-state index contributed by atoms with van der Waals surface area (Å²) >= 11 is 0. The number of fused-ring (bicyclic) bond motifs is 1. The fourth-order valence-corrected chi connectivity index (χ4v) is 3.18. The van der Waals surface area contributed by atoms with E-state index in [1.54, 1.807) is 17.0 Å². The Morgan fingerprint density at radius 2 is 1.92 bits per heavy atom. The fourth-order valence-electron chi connectivity index (χ4n) is 3.18. The number of ether oxygens (including phenoxy) is 1. The molecule has 1 fully saturated rings. The first-order valence-electron chi connectivity index (χ1n) is 8.23. The van der Waals surface area contributed by atoms with Gasteiger partial charge in [0.1, 0.15) is 17.9 Å². The lowest BCUT2D eigenvalue weighted by Crippen LogP contribution is -2.38. The van der Waals surface area contributed by atoms with Crippen molar-refractivity contribution in [2.75, 3.05) is 20.2 Å². The number of methoxy groups -OCH3 is 1. The van der Waals surface area contributed by atoms with E-state index in [1.165, 1.54) is 23.9 Å².